The molecule has 2 N–H and O–H groups in total. The second-order valence-corrected chi connectivity index (χ2v) is 7.86. The van der Waals surface area contributed by atoms with Crippen molar-refractivity contribution in [2.45, 2.75) is 25.8 Å². The Morgan fingerprint density at radius 2 is 1.60 bits per heavy atom. The zero-order chi connectivity index (χ0) is 20.9. The van der Waals surface area contributed by atoms with Crippen LogP contribution in [0.1, 0.15) is 30.0 Å². The van der Waals surface area contributed by atoms with Crippen LogP contribution >= 0.6 is 0 Å². The summed E-state index contributed by atoms with van der Waals surface area (Å²) in [6.07, 6.45) is 2.31. The largest absolute Gasteiger partial charge is 0.346 e. The number of hydrogen-bond acceptors (Lipinski definition) is 3. The number of anilines is 1. The molecule has 5 nitrogen and oxygen atoms in total. The third kappa shape index (κ3) is 4.52. The second-order valence-electron chi connectivity index (χ2n) is 7.86. The summed E-state index contributed by atoms with van der Waals surface area (Å²) in [4.78, 5) is 27.2. The number of nitrogens with one attached hydrogen (secondary N) is 2. The molecule has 0 radical (unpaired) electrons. The normalized spacial score (nSPS) is 15.1. The number of rotatable bonds is 5. The Morgan fingerprint density at radius 1 is 0.900 bits per heavy atom. The van der Waals surface area contributed by atoms with Crippen LogP contribution in [0.5, 0.6) is 0 Å². The number of hydrogen-bond donors (Lipinski definition) is 2. The number of carbonyl (C=O) groups is 2. The molecule has 5 heteroatoms. The molecule has 2 amide bonds. The number of carbonyl (C=O) groups excluding carboxylic acids is 2. The highest BCUT2D eigenvalue weighted by molar-refractivity contribution is 6.39. The molecule has 4 rings (SSSR count). The van der Waals surface area contributed by atoms with E-state index in [2.05, 4.69) is 45.9 Å². The Kier molecular flexibility index (Phi) is 6.10. The molecule has 3 aromatic carbocycles. The zero-order valence-corrected chi connectivity index (χ0v) is 17.2. The number of amides is 2. The Labute approximate surface area is 177 Å². The predicted octanol–water partition coefficient (Wildman–Crippen LogP) is 4.04. The topological polar surface area (TPSA) is 61.4 Å². The maximum atomic E-state index is 12.5. The van der Waals surface area contributed by atoms with Crippen molar-refractivity contribution in [1.82, 2.24) is 10.2 Å². The minimum atomic E-state index is -0.642. The van der Waals surface area contributed by atoms with E-state index in [0.717, 1.165) is 31.5 Å². The van der Waals surface area contributed by atoms with E-state index in [1.54, 1.807) is 12.1 Å². The second kappa shape index (κ2) is 9.09. The van der Waals surface area contributed by atoms with Gasteiger partial charge in [-0.1, -0.05) is 60.2 Å². The van der Waals surface area contributed by atoms with Gasteiger partial charge in [-0.15, -0.1) is 0 Å². The van der Waals surface area contributed by atoms with Gasteiger partial charge in [-0.25, -0.2) is 0 Å². The molecule has 1 atom stereocenters. The van der Waals surface area contributed by atoms with Gasteiger partial charge in [0.25, 0.3) is 0 Å². The van der Waals surface area contributed by atoms with Gasteiger partial charge in [0.1, 0.15) is 0 Å². The van der Waals surface area contributed by atoms with Gasteiger partial charge in [-0.3, -0.25) is 14.5 Å². The van der Waals surface area contributed by atoms with Gasteiger partial charge in [-0.2, -0.15) is 0 Å². The van der Waals surface area contributed by atoms with E-state index in [1.165, 1.54) is 16.3 Å². The minimum Gasteiger partial charge on any atom is -0.346 e. The van der Waals surface area contributed by atoms with Crippen LogP contribution in [-0.2, 0) is 9.59 Å². The molecule has 0 aliphatic carbocycles. The lowest BCUT2D eigenvalue weighted by Crippen LogP contribution is -2.41. The Morgan fingerprint density at radius 3 is 2.37 bits per heavy atom. The summed E-state index contributed by atoms with van der Waals surface area (Å²) in [5, 5.41) is 7.90. The van der Waals surface area contributed by atoms with Crippen molar-refractivity contribution < 1.29 is 9.59 Å². The number of fused-ring (bicyclic) bond motifs is 1. The van der Waals surface area contributed by atoms with E-state index >= 15 is 0 Å². The third-order valence-electron chi connectivity index (χ3n) is 5.74. The molecule has 3 aromatic rings. The van der Waals surface area contributed by atoms with Gasteiger partial charge < -0.3 is 10.6 Å². The summed E-state index contributed by atoms with van der Waals surface area (Å²) >= 11 is 0. The molecule has 0 spiro atoms. The van der Waals surface area contributed by atoms with Crippen molar-refractivity contribution in [2.24, 2.45) is 0 Å². The van der Waals surface area contributed by atoms with E-state index in [0.29, 0.717) is 12.2 Å². The lowest BCUT2D eigenvalue weighted by atomic mass is 9.97. The molecule has 1 aliphatic rings. The monoisotopic (exact) mass is 401 g/mol. The molecule has 1 fully saturated rings. The SMILES string of the molecule is Cc1ccc(NC(=O)C(=O)NC[C@H](c2cccc3ccccc23)N2CCCC2)cc1. The first-order chi connectivity index (χ1) is 14.6. The van der Waals surface area contributed by atoms with Crippen molar-refractivity contribution in [1.29, 1.82) is 0 Å². The van der Waals surface area contributed by atoms with E-state index < -0.39 is 11.8 Å². The lowest BCUT2D eigenvalue weighted by molar-refractivity contribution is -0.136. The van der Waals surface area contributed by atoms with Crippen LogP contribution in [0.15, 0.2) is 66.7 Å². The zero-order valence-electron chi connectivity index (χ0n) is 17.2. The van der Waals surface area contributed by atoms with Crippen molar-refractivity contribution in [3.05, 3.63) is 77.9 Å². The standard InChI is InChI=1S/C25H27N3O2/c1-18-11-13-20(14-12-18)27-25(30)24(29)26-17-23(28-15-4-5-16-28)22-10-6-8-19-7-2-3-9-21(19)22/h2-3,6-14,23H,4-5,15-17H2,1H3,(H,26,29)(H,27,30)/t23-/m1/s1. The molecular weight excluding hydrogens is 374 g/mol. The van der Waals surface area contributed by atoms with Gasteiger partial charge in [0.2, 0.25) is 0 Å². The van der Waals surface area contributed by atoms with Gasteiger partial charge in [0.15, 0.2) is 0 Å². The summed E-state index contributed by atoms with van der Waals surface area (Å²) in [5.41, 5.74) is 2.90. The van der Waals surface area contributed by atoms with E-state index in [9.17, 15) is 9.59 Å². The van der Waals surface area contributed by atoms with Crippen LogP contribution in [0, 0.1) is 6.92 Å². The maximum absolute atomic E-state index is 12.5. The fraction of sp³-hybridized carbons (Fsp3) is 0.280. The number of aryl methyl sites for hydroxylation is 1. The molecule has 1 saturated heterocycles. The highest BCUT2D eigenvalue weighted by Gasteiger charge is 2.26. The fourth-order valence-corrected chi connectivity index (χ4v) is 4.12. The van der Waals surface area contributed by atoms with Crippen molar-refractivity contribution in [3.63, 3.8) is 0 Å². The summed E-state index contributed by atoms with van der Waals surface area (Å²) in [7, 11) is 0. The summed E-state index contributed by atoms with van der Waals surface area (Å²) in [5.74, 6) is -1.25. The van der Waals surface area contributed by atoms with Crippen LogP contribution in [-0.4, -0.2) is 36.3 Å². The first-order valence-electron chi connectivity index (χ1n) is 10.5. The number of nitrogens with zero attached hydrogens (tertiary/aromatic N) is 1. The first kappa shape index (κ1) is 20.1. The average Bonchev–Trinajstić information content (AvgIpc) is 3.30. The molecule has 0 unspecified atom stereocenters. The average molecular weight is 402 g/mol. The molecule has 154 valence electrons. The molecule has 0 bridgehead atoms. The van der Waals surface area contributed by atoms with Crippen molar-refractivity contribution >= 4 is 28.3 Å². The molecule has 1 aliphatic heterocycles. The molecular formula is C25H27N3O2. The van der Waals surface area contributed by atoms with Gasteiger partial charge in [0.05, 0.1) is 6.04 Å². The van der Waals surface area contributed by atoms with E-state index in [4.69, 9.17) is 0 Å². The summed E-state index contributed by atoms with van der Waals surface area (Å²) in [6, 6.07) is 22.0. The van der Waals surface area contributed by atoms with Gasteiger partial charge in [-0.05, 0) is 61.3 Å². The van der Waals surface area contributed by atoms with Crippen LogP contribution in [0.2, 0.25) is 0 Å². The highest BCUT2D eigenvalue weighted by Crippen LogP contribution is 2.30. The minimum absolute atomic E-state index is 0.0368. The Balaban J connectivity index is 1.49. The van der Waals surface area contributed by atoms with Crippen LogP contribution < -0.4 is 10.6 Å². The summed E-state index contributed by atoms with van der Waals surface area (Å²) in [6.45, 7) is 4.37. The highest BCUT2D eigenvalue weighted by atomic mass is 16.2. The summed E-state index contributed by atoms with van der Waals surface area (Å²) < 4.78 is 0. The Hall–Kier alpha value is -3.18. The molecule has 30 heavy (non-hydrogen) atoms. The van der Waals surface area contributed by atoms with Gasteiger partial charge in [0, 0.05) is 12.2 Å². The van der Waals surface area contributed by atoms with Crippen molar-refractivity contribution in [3.8, 4) is 0 Å². The quantitative estimate of drug-likeness (QED) is 0.635. The third-order valence-corrected chi connectivity index (χ3v) is 5.74. The molecule has 0 aromatic heterocycles. The maximum Gasteiger partial charge on any atom is 0.313 e. The van der Waals surface area contributed by atoms with Crippen LogP contribution in [0.25, 0.3) is 10.8 Å². The van der Waals surface area contributed by atoms with Gasteiger partial charge >= 0.3 is 11.8 Å². The predicted molar refractivity (Wildman–Crippen MR) is 120 cm³/mol. The van der Waals surface area contributed by atoms with Crippen LogP contribution in [0.4, 0.5) is 5.69 Å². The number of benzene rings is 3. The number of likely N-dealkylation sites (tertiary alicyclic amines) is 1. The first-order valence-corrected chi connectivity index (χ1v) is 10.5. The lowest BCUT2D eigenvalue weighted by Gasteiger charge is -2.29. The molecule has 1 heterocycles. The molecule has 0 saturated carbocycles. The van der Waals surface area contributed by atoms with E-state index in [1.807, 2.05) is 31.2 Å². The fourth-order valence-electron chi connectivity index (χ4n) is 4.12. The van der Waals surface area contributed by atoms with Crippen molar-refractivity contribution in [2.75, 3.05) is 25.0 Å². The van der Waals surface area contributed by atoms with E-state index in [-0.39, 0.29) is 6.04 Å². The smallest absolute Gasteiger partial charge is 0.313 e. The Bertz CT molecular complexity index is 1030. The van der Waals surface area contributed by atoms with Crippen LogP contribution in [0.3, 0.4) is 0 Å².